The number of nitrogens with zero attached hydrogens (tertiary/aromatic N) is 7. The molecule has 1 saturated heterocycles. The minimum Gasteiger partial charge on any atom is -0.445 e. The molecule has 0 bridgehead atoms. The second kappa shape index (κ2) is 7.04. The molecular weight excluding hydrogens is 274 g/mol. The zero-order valence-electron chi connectivity index (χ0n) is 11.1. The fourth-order valence-corrected chi connectivity index (χ4v) is 2.09. The van der Waals surface area contributed by atoms with E-state index in [-0.39, 0.29) is 19.7 Å². The van der Waals surface area contributed by atoms with Crippen molar-refractivity contribution in [3.63, 3.8) is 0 Å². The summed E-state index contributed by atoms with van der Waals surface area (Å²) in [6.45, 7) is 0.525. The van der Waals surface area contributed by atoms with Crippen LogP contribution in [0.5, 0.6) is 0 Å². The Morgan fingerprint density at radius 2 is 1.76 bits per heavy atom. The molecule has 1 aromatic carbocycles. The molecule has 1 amide bonds. The van der Waals surface area contributed by atoms with Crippen LogP contribution in [0, 0.1) is 0 Å². The van der Waals surface area contributed by atoms with Crippen molar-refractivity contribution in [3.8, 4) is 0 Å². The van der Waals surface area contributed by atoms with E-state index >= 15 is 0 Å². The standard InChI is InChI=1S/C12H13N7O2/c13-17-15-10-6-19(7-11(10)16-18-14)12(20)21-8-9-4-2-1-3-5-9/h1-5,10-11H,6-8H2/t10-,11-/m0/s1. The Morgan fingerprint density at radius 1 is 1.19 bits per heavy atom. The van der Waals surface area contributed by atoms with Crippen LogP contribution in [0.15, 0.2) is 40.6 Å². The van der Waals surface area contributed by atoms with Gasteiger partial charge >= 0.3 is 6.09 Å². The first-order chi connectivity index (χ1) is 10.2. The Bertz CT molecular complexity index is 567. The second-order valence-corrected chi connectivity index (χ2v) is 4.49. The maximum Gasteiger partial charge on any atom is 0.410 e. The zero-order valence-corrected chi connectivity index (χ0v) is 11.1. The molecule has 2 rings (SSSR count). The van der Waals surface area contributed by atoms with Crippen LogP contribution in [-0.4, -0.2) is 36.2 Å². The Morgan fingerprint density at radius 3 is 2.29 bits per heavy atom. The molecule has 0 aliphatic carbocycles. The van der Waals surface area contributed by atoms with Crippen molar-refractivity contribution in [2.24, 2.45) is 10.2 Å². The molecule has 0 radical (unpaired) electrons. The average molecular weight is 287 g/mol. The molecule has 0 spiro atoms. The van der Waals surface area contributed by atoms with Crippen molar-refractivity contribution in [1.29, 1.82) is 0 Å². The summed E-state index contributed by atoms with van der Waals surface area (Å²) in [5, 5.41) is 7.08. The van der Waals surface area contributed by atoms with E-state index in [4.69, 9.17) is 15.8 Å². The molecule has 1 aromatic rings. The summed E-state index contributed by atoms with van der Waals surface area (Å²) in [5.74, 6) is 0. The number of rotatable bonds is 4. The van der Waals surface area contributed by atoms with E-state index in [0.29, 0.717) is 0 Å². The number of carbonyl (C=O) groups is 1. The average Bonchev–Trinajstić information content (AvgIpc) is 2.90. The summed E-state index contributed by atoms with van der Waals surface area (Å²) in [6.07, 6.45) is -0.521. The number of carbonyl (C=O) groups excluding carboxylic acids is 1. The summed E-state index contributed by atoms with van der Waals surface area (Å²) >= 11 is 0. The lowest BCUT2D eigenvalue weighted by atomic mass is 10.2. The second-order valence-electron chi connectivity index (χ2n) is 4.49. The van der Waals surface area contributed by atoms with Gasteiger partial charge in [0.15, 0.2) is 0 Å². The van der Waals surface area contributed by atoms with Crippen molar-refractivity contribution in [2.75, 3.05) is 13.1 Å². The van der Waals surface area contributed by atoms with Gasteiger partial charge in [-0.2, -0.15) is 0 Å². The van der Waals surface area contributed by atoms with Gasteiger partial charge in [0.05, 0.1) is 12.1 Å². The van der Waals surface area contributed by atoms with Crippen LogP contribution < -0.4 is 0 Å². The highest BCUT2D eigenvalue weighted by Gasteiger charge is 2.34. The number of likely N-dealkylation sites (tertiary alicyclic amines) is 1. The van der Waals surface area contributed by atoms with Crippen LogP contribution in [0.3, 0.4) is 0 Å². The van der Waals surface area contributed by atoms with E-state index in [2.05, 4.69) is 20.1 Å². The van der Waals surface area contributed by atoms with Gasteiger partial charge in [0.25, 0.3) is 0 Å². The summed E-state index contributed by atoms with van der Waals surface area (Å²) < 4.78 is 5.18. The molecule has 21 heavy (non-hydrogen) atoms. The third kappa shape index (κ3) is 3.79. The lowest BCUT2D eigenvalue weighted by Crippen LogP contribution is -2.30. The van der Waals surface area contributed by atoms with Gasteiger partial charge in [0.2, 0.25) is 0 Å². The van der Waals surface area contributed by atoms with Crippen molar-refractivity contribution >= 4 is 6.09 Å². The fraction of sp³-hybridized carbons (Fsp3) is 0.417. The zero-order chi connectivity index (χ0) is 15.1. The molecule has 1 aliphatic rings. The van der Waals surface area contributed by atoms with Crippen LogP contribution in [0.2, 0.25) is 0 Å². The molecule has 0 N–H and O–H groups in total. The SMILES string of the molecule is [N-]=[N+]=N[C@H]1CN(C(=O)OCc2ccccc2)C[C@@H]1N=[N+]=[N-]. The third-order valence-corrected chi connectivity index (χ3v) is 3.12. The first kappa shape index (κ1) is 14.5. The summed E-state index contributed by atoms with van der Waals surface area (Å²) in [6, 6.07) is 8.17. The molecule has 0 unspecified atom stereocenters. The Hall–Kier alpha value is -2.89. The van der Waals surface area contributed by atoms with Gasteiger partial charge < -0.3 is 9.64 Å². The fourth-order valence-electron chi connectivity index (χ4n) is 2.09. The van der Waals surface area contributed by atoms with Crippen molar-refractivity contribution < 1.29 is 9.53 Å². The molecule has 9 heteroatoms. The Labute approximate surface area is 120 Å². The highest BCUT2D eigenvalue weighted by molar-refractivity contribution is 5.68. The minimum atomic E-state index is -0.560. The normalized spacial score (nSPS) is 20.3. The lowest BCUT2D eigenvalue weighted by Gasteiger charge is -2.15. The molecule has 2 atom stereocenters. The highest BCUT2D eigenvalue weighted by atomic mass is 16.6. The van der Waals surface area contributed by atoms with Crippen molar-refractivity contribution in [2.45, 2.75) is 18.7 Å². The lowest BCUT2D eigenvalue weighted by molar-refractivity contribution is 0.103. The molecule has 1 aliphatic heterocycles. The number of ether oxygens (including phenoxy) is 1. The summed E-state index contributed by atoms with van der Waals surface area (Å²) in [4.78, 5) is 18.7. The van der Waals surface area contributed by atoms with Crippen LogP contribution in [-0.2, 0) is 11.3 Å². The smallest absolute Gasteiger partial charge is 0.410 e. The number of azide groups is 2. The predicted molar refractivity (Wildman–Crippen MR) is 74.1 cm³/mol. The molecule has 1 fully saturated rings. The van der Waals surface area contributed by atoms with Gasteiger partial charge in [-0.3, -0.25) is 0 Å². The van der Waals surface area contributed by atoms with E-state index < -0.39 is 18.2 Å². The van der Waals surface area contributed by atoms with E-state index in [1.54, 1.807) is 0 Å². The third-order valence-electron chi connectivity index (χ3n) is 3.12. The van der Waals surface area contributed by atoms with E-state index in [1.165, 1.54) is 4.90 Å². The predicted octanol–water partition coefficient (Wildman–Crippen LogP) is 3.00. The Kier molecular flexibility index (Phi) is 4.87. The molecule has 0 aromatic heterocycles. The van der Waals surface area contributed by atoms with Gasteiger partial charge in [-0.1, -0.05) is 40.6 Å². The summed E-state index contributed by atoms with van der Waals surface area (Å²) in [5.41, 5.74) is 17.8. The molecule has 9 nitrogen and oxygen atoms in total. The van der Waals surface area contributed by atoms with Crippen LogP contribution in [0.25, 0.3) is 20.9 Å². The number of benzene rings is 1. The van der Waals surface area contributed by atoms with Crippen molar-refractivity contribution in [1.82, 2.24) is 4.90 Å². The maximum atomic E-state index is 12.0. The minimum absolute atomic E-state index is 0.161. The molecule has 0 saturated carbocycles. The topological polar surface area (TPSA) is 127 Å². The highest BCUT2D eigenvalue weighted by Crippen LogP contribution is 2.18. The number of hydrogen-bond acceptors (Lipinski definition) is 4. The maximum absolute atomic E-state index is 12.0. The van der Waals surface area contributed by atoms with Gasteiger partial charge in [-0.25, -0.2) is 4.79 Å². The van der Waals surface area contributed by atoms with E-state index in [0.717, 1.165) is 5.56 Å². The van der Waals surface area contributed by atoms with Crippen LogP contribution in [0.1, 0.15) is 5.56 Å². The van der Waals surface area contributed by atoms with Crippen LogP contribution >= 0.6 is 0 Å². The first-order valence-electron chi connectivity index (χ1n) is 6.28. The monoisotopic (exact) mass is 287 g/mol. The molecular formula is C12H13N7O2. The van der Waals surface area contributed by atoms with Gasteiger partial charge in [-0.15, -0.1) is 0 Å². The molecule has 108 valence electrons. The Balaban J connectivity index is 1.94. The van der Waals surface area contributed by atoms with E-state index in [9.17, 15) is 4.79 Å². The van der Waals surface area contributed by atoms with E-state index in [1.807, 2.05) is 30.3 Å². The molecule has 1 heterocycles. The van der Waals surface area contributed by atoms with Gasteiger partial charge in [0.1, 0.15) is 6.61 Å². The first-order valence-corrected chi connectivity index (χ1v) is 6.28. The van der Waals surface area contributed by atoms with Gasteiger partial charge in [0, 0.05) is 22.9 Å². The largest absolute Gasteiger partial charge is 0.445 e. The van der Waals surface area contributed by atoms with Crippen LogP contribution in [0.4, 0.5) is 4.79 Å². The quantitative estimate of drug-likeness (QED) is 0.479. The van der Waals surface area contributed by atoms with Gasteiger partial charge in [-0.05, 0) is 16.6 Å². The van der Waals surface area contributed by atoms with Crippen molar-refractivity contribution in [3.05, 3.63) is 56.8 Å². The summed E-state index contributed by atoms with van der Waals surface area (Å²) in [7, 11) is 0. The number of hydrogen-bond donors (Lipinski definition) is 0. The number of amides is 1.